The van der Waals surface area contributed by atoms with Crippen molar-refractivity contribution in [3.63, 3.8) is 0 Å². The van der Waals surface area contributed by atoms with Crippen molar-refractivity contribution in [1.29, 1.82) is 0 Å². The Morgan fingerprint density at radius 1 is 1.22 bits per heavy atom. The average Bonchev–Trinajstić information content (AvgIpc) is 2.61. The first-order valence-corrected chi connectivity index (χ1v) is 6.76. The standard InChI is InChI=1S/C15H21NO2/c17-11-4-3-9-15(18)16-10-5-8-13-6-1-2-7-14(13)12-16/h1-2,6-7,17H,3-5,8-12H2. The number of hydrogen-bond acceptors (Lipinski definition) is 2. The largest absolute Gasteiger partial charge is 0.396 e. The number of benzene rings is 1. The smallest absolute Gasteiger partial charge is 0.222 e. The van der Waals surface area contributed by atoms with Crippen LogP contribution in [0.3, 0.4) is 0 Å². The molecule has 1 aliphatic rings. The number of rotatable bonds is 4. The van der Waals surface area contributed by atoms with Gasteiger partial charge in [-0.2, -0.15) is 0 Å². The van der Waals surface area contributed by atoms with Gasteiger partial charge in [0, 0.05) is 26.1 Å². The molecule has 0 bridgehead atoms. The highest BCUT2D eigenvalue weighted by Crippen LogP contribution is 2.19. The molecule has 0 saturated carbocycles. The van der Waals surface area contributed by atoms with Gasteiger partial charge in [0.15, 0.2) is 0 Å². The van der Waals surface area contributed by atoms with Gasteiger partial charge in [0.2, 0.25) is 5.91 Å². The maximum absolute atomic E-state index is 12.1. The molecule has 1 aliphatic heterocycles. The topological polar surface area (TPSA) is 40.5 Å². The molecule has 0 aromatic heterocycles. The Hall–Kier alpha value is -1.35. The van der Waals surface area contributed by atoms with E-state index in [1.807, 2.05) is 11.0 Å². The van der Waals surface area contributed by atoms with Gasteiger partial charge in [-0.3, -0.25) is 4.79 Å². The number of aliphatic hydroxyl groups excluding tert-OH is 1. The lowest BCUT2D eigenvalue weighted by molar-refractivity contribution is -0.131. The van der Waals surface area contributed by atoms with Crippen molar-refractivity contribution in [2.45, 2.75) is 38.6 Å². The van der Waals surface area contributed by atoms with Crippen LogP contribution >= 0.6 is 0 Å². The minimum atomic E-state index is 0.177. The maximum atomic E-state index is 12.1. The summed E-state index contributed by atoms with van der Waals surface area (Å²) in [5.41, 5.74) is 2.66. The van der Waals surface area contributed by atoms with Crippen LogP contribution in [-0.4, -0.2) is 29.1 Å². The number of aliphatic hydroxyl groups is 1. The highest BCUT2D eigenvalue weighted by Gasteiger charge is 2.17. The van der Waals surface area contributed by atoms with Gasteiger partial charge in [-0.05, 0) is 36.8 Å². The summed E-state index contributed by atoms with van der Waals surface area (Å²) in [6.45, 7) is 1.77. The highest BCUT2D eigenvalue weighted by molar-refractivity contribution is 5.76. The third kappa shape index (κ3) is 3.33. The summed E-state index contributed by atoms with van der Waals surface area (Å²) < 4.78 is 0. The van der Waals surface area contributed by atoms with E-state index in [0.29, 0.717) is 6.42 Å². The zero-order valence-electron chi connectivity index (χ0n) is 10.8. The quantitative estimate of drug-likeness (QED) is 0.828. The van der Waals surface area contributed by atoms with E-state index in [-0.39, 0.29) is 12.5 Å². The predicted molar refractivity (Wildman–Crippen MR) is 71.1 cm³/mol. The van der Waals surface area contributed by atoms with Gasteiger partial charge in [0.25, 0.3) is 0 Å². The van der Waals surface area contributed by atoms with Crippen molar-refractivity contribution in [3.8, 4) is 0 Å². The van der Waals surface area contributed by atoms with Gasteiger partial charge in [-0.25, -0.2) is 0 Å². The molecule has 3 heteroatoms. The van der Waals surface area contributed by atoms with Gasteiger partial charge in [0.1, 0.15) is 0 Å². The van der Waals surface area contributed by atoms with Crippen LogP contribution < -0.4 is 0 Å². The summed E-state index contributed by atoms with van der Waals surface area (Å²) in [6.07, 6.45) is 4.17. The molecule has 3 nitrogen and oxygen atoms in total. The summed E-state index contributed by atoms with van der Waals surface area (Å²) >= 11 is 0. The molecule has 1 N–H and O–H groups in total. The van der Waals surface area contributed by atoms with Crippen molar-refractivity contribution in [1.82, 2.24) is 4.90 Å². The van der Waals surface area contributed by atoms with Crippen LogP contribution in [0.25, 0.3) is 0 Å². The van der Waals surface area contributed by atoms with Crippen molar-refractivity contribution < 1.29 is 9.90 Å². The summed E-state index contributed by atoms with van der Waals surface area (Å²) in [5, 5.41) is 8.74. The molecule has 0 spiro atoms. The molecule has 0 radical (unpaired) electrons. The molecular weight excluding hydrogens is 226 g/mol. The van der Waals surface area contributed by atoms with Gasteiger partial charge < -0.3 is 10.0 Å². The minimum Gasteiger partial charge on any atom is -0.396 e. The van der Waals surface area contributed by atoms with E-state index in [4.69, 9.17) is 5.11 Å². The molecular formula is C15H21NO2. The Kier molecular flexibility index (Phi) is 4.76. The van der Waals surface area contributed by atoms with Gasteiger partial charge in [-0.15, -0.1) is 0 Å². The molecule has 0 fully saturated rings. The Labute approximate surface area is 108 Å². The van der Waals surface area contributed by atoms with Crippen LogP contribution in [0, 0.1) is 0 Å². The van der Waals surface area contributed by atoms with E-state index in [9.17, 15) is 4.79 Å². The molecule has 1 aromatic rings. The lowest BCUT2D eigenvalue weighted by atomic mass is 10.0. The first-order chi connectivity index (χ1) is 8.81. The second kappa shape index (κ2) is 6.55. The number of unbranched alkanes of at least 4 members (excludes halogenated alkanes) is 1. The maximum Gasteiger partial charge on any atom is 0.222 e. The Balaban J connectivity index is 1.97. The van der Waals surface area contributed by atoms with Gasteiger partial charge in [-0.1, -0.05) is 24.3 Å². The second-order valence-electron chi connectivity index (χ2n) is 4.87. The summed E-state index contributed by atoms with van der Waals surface area (Å²) in [6, 6.07) is 8.39. The van der Waals surface area contributed by atoms with Gasteiger partial charge >= 0.3 is 0 Å². The first kappa shape index (κ1) is 13.1. The second-order valence-corrected chi connectivity index (χ2v) is 4.87. The fourth-order valence-corrected chi connectivity index (χ4v) is 2.46. The molecule has 1 heterocycles. The van der Waals surface area contributed by atoms with Crippen LogP contribution in [0.1, 0.15) is 36.8 Å². The van der Waals surface area contributed by atoms with Crippen LogP contribution in [0.4, 0.5) is 0 Å². The number of aryl methyl sites for hydroxylation is 1. The normalized spacial score (nSPS) is 15.1. The third-order valence-electron chi connectivity index (χ3n) is 3.51. The summed E-state index contributed by atoms with van der Waals surface area (Å²) in [4.78, 5) is 14.0. The molecule has 0 unspecified atom stereocenters. The van der Waals surface area contributed by atoms with E-state index in [1.54, 1.807) is 0 Å². The Bertz CT molecular complexity index is 403. The number of hydrogen-bond donors (Lipinski definition) is 1. The minimum absolute atomic E-state index is 0.177. The van der Waals surface area contributed by atoms with Crippen molar-refractivity contribution in [2.75, 3.05) is 13.2 Å². The molecule has 1 amide bonds. The van der Waals surface area contributed by atoms with Crippen molar-refractivity contribution in [2.24, 2.45) is 0 Å². The molecule has 0 aliphatic carbocycles. The van der Waals surface area contributed by atoms with E-state index < -0.39 is 0 Å². The third-order valence-corrected chi connectivity index (χ3v) is 3.51. The van der Waals surface area contributed by atoms with Crippen molar-refractivity contribution in [3.05, 3.63) is 35.4 Å². The number of nitrogens with zero attached hydrogens (tertiary/aromatic N) is 1. The van der Waals surface area contributed by atoms with E-state index in [0.717, 1.165) is 38.8 Å². The Morgan fingerprint density at radius 2 is 2.00 bits per heavy atom. The van der Waals surface area contributed by atoms with Crippen LogP contribution in [-0.2, 0) is 17.8 Å². The summed E-state index contributed by atoms with van der Waals surface area (Å²) in [5.74, 6) is 0.222. The molecule has 98 valence electrons. The fraction of sp³-hybridized carbons (Fsp3) is 0.533. The first-order valence-electron chi connectivity index (χ1n) is 6.76. The molecule has 0 saturated heterocycles. The van der Waals surface area contributed by atoms with Crippen LogP contribution in [0.5, 0.6) is 0 Å². The average molecular weight is 247 g/mol. The number of carbonyl (C=O) groups is 1. The predicted octanol–water partition coefficient (Wildman–Crippen LogP) is 2.12. The van der Waals surface area contributed by atoms with E-state index in [2.05, 4.69) is 18.2 Å². The van der Waals surface area contributed by atoms with Crippen LogP contribution in [0.15, 0.2) is 24.3 Å². The molecule has 0 atom stereocenters. The van der Waals surface area contributed by atoms with E-state index in [1.165, 1.54) is 11.1 Å². The molecule has 18 heavy (non-hydrogen) atoms. The van der Waals surface area contributed by atoms with Crippen molar-refractivity contribution >= 4 is 5.91 Å². The zero-order valence-corrected chi connectivity index (χ0v) is 10.8. The lowest BCUT2D eigenvalue weighted by Gasteiger charge is -2.20. The fourth-order valence-electron chi connectivity index (χ4n) is 2.46. The van der Waals surface area contributed by atoms with E-state index >= 15 is 0 Å². The lowest BCUT2D eigenvalue weighted by Crippen LogP contribution is -2.30. The Morgan fingerprint density at radius 3 is 2.78 bits per heavy atom. The summed E-state index contributed by atoms with van der Waals surface area (Å²) in [7, 11) is 0. The highest BCUT2D eigenvalue weighted by atomic mass is 16.3. The molecule has 2 rings (SSSR count). The van der Waals surface area contributed by atoms with Gasteiger partial charge in [0.05, 0.1) is 0 Å². The van der Waals surface area contributed by atoms with Crippen LogP contribution in [0.2, 0.25) is 0 Å². The number of carbonyl (C=O) groups excluding carboxylic acids is 1. The molecule has 1 aromatic carbocycles. The number of amides is 1. The zero-order chi connectivity index (χ0) is 12.8. The number of fused-ring (bicyclic) bond motifs is 1. The monoisotopic (exact) mass is 247 g/mol. The SMILES string of the molecule is O=C(CCCCO)N1CCCc2ccccc2C1.